The van der Waals surface area contributed by atoms with E-state index in [4.69, 9.17) is 4.74 Å². The Hall–Kier alpha value is 0.270. The van der Waals surface area contributed by atoms with Crippen molar-refractivity contribution in [3.8, 4) is 0 Å². The van der Waals surface area contributed by atoms with Crippen LogP contribution >= 0.6 is 11.8 Å². The van der Waals surface area contributed by atoms with Crippen LogP contribution in [0.2, 0.25) is 0 Å². The summed E-state index contributed by atoms with van der Waals surface area (Å²) < 4.78 is 5.19. The largest absolute Gasteiger partial charge is 0.385 e. The lowest BCUT2D eigenvalue weighted by atomic mass is 10.00. The smallest absolute Gasteiger partial charge is 0.0477 e. The van der Waals surface area contributed by atoms with Gasteiger partial charge >= 0.3 is 0 Å². The monoisotopic (exact) mass is 245 g/mol. The van der Waals surface area contributed by atoms with Crippen LogP contribution in [0.15, 0.2) is 0 Å². The summed E-state index contributed by atoms with van der Waals surface area (Å²) in [7, 11) is 1.79. The predicted molar refractivity (Wildman–Crippen MR) is 73.2 cm³/mol. The van der Waals surface area contributed by atoms with Gasteiger partial charge in [-0.05, 0) is 37.9 Å². The number of nitrogens with one attached hydrogen (secondary N) is 1. The van der Waals surface area contributed by atoms with Gasteiger partial charge in [0.2, 0.25) is 0 Å². The van der Waals surface area contributed by atoms with E-state index in [2.05, 4.69) is 25.4 Å². The normalized spacial score (nSPS) is 27.6. The molecular formula is C13H27NOS. The number of ether oxygens (including phenoxy) is 1. The molecule has 3 atom stereocenters. The summed E-state index contributed by atoms with van der Waals surface area (Å²) in [4.78, 5) is 0. The van der Waals surface area contributed by atoms with E-state index in [1.807, 2.05) is 11.8 Å². The molecule has 0 bridgehead atoms. The Kier molecular flexibility index (Phi) is 6.78. The van der Waals surface area contributed by atoms with Gasteiger partial charge in [0.25, 0.3) is 0 Å². The zero-order chi connectivity index (χ0) is 12.0. The number of rotatable bonds is 7. The van der Waals surface area contributed by atoms with Crippen molar-refractivity contribution in [1.82, 2.24) is 5.32 Å². The maximum absolute atomic E-state index is 5.19. The molecule has 0 radical (unpaired) electrons. The molecule has 1 rings (SSSR count). The van der Waals surface area contributed by atoms with E-state index in [0.717, 1.165) is 24.3 Å². The summed E-state index contributed by atoms with van der Waals surface area (Å²) >= 11 is 2.02. The van der Waals surface area contributed by atoms with E-state index in [9.17, 15) is 0 Å². The second-order valence-electron chi connectivity index (χ2n) is 5.17. The molecule has 0 aliphatic heterocycles. The molecule has 0 aromatic carbocycles. The Labute approximate surface area is 105 Å². The van der Waals surface area contributed by atoms with Crippen molar-refractivity contribution in [3.63, 3.8) is 0 Å². The molecule has 1 saturated carbocycles. The van der Waals surface area contributed by atoms with Gasteiger partial charge in [0.1, 0.15) is 0 Å². The molecule has 1 fully saturated rings. The van der Waals surface area contributed by atoms with Crippen LogP contribution in [-0.2, 0) is 4.74 Å². The Balaban J connectivity index is 2.31. The van der Waals surface area contributed by atoms with Gasteiger partial charge in [-0.2, -0.15) is 11.8 Å². The Bertz CT molecular complexity index is 187. The van der Waals surface area contributed by atoms with Crippen molar-refractivity contribution < 1.29 is 4.74 Å². The first kappa shape index (κ1) is 14.3. The molecule has 1 aliphatic rings. The van der Waals surface area contributed by atoms with Gasteiger partial charge in [0, 0.05) is 31.1 Å². The summed E-state index contributed by atoms with van der Waals surface area (Å²) in [5.74, 6) is 0.698. The van der Waals surface area contributed by atoms with Crippen molar-refractivity contribution in [3.05, 3.63) is 0 Å². The second kappa shape index (κ2) is 7.57. The topological polar surface area (TPSA) is 21.3 Å². The highest BCUT2D eigenvalue weighted by Gasteiger charge is 2.26. The van der Waals surface area contributed by atoms with E-state index in [1.165, 1.54) is 19.3 Å². The highest BCUT2D eigenvalue weighted by atomic mass is 32.2. The lowest BCUT2D eigenvalue weighted by Crippen LogP contribution is -2.41. The molecule has 0 spiro atoms. The first-order valence-electron chi connectivity index (χ1n) is 6.45. The van der Waals surface area contributed by atoms with Crippen molar-refractivity contribution in [1.29, 1.82) is 0 Å². The van der Waals surface area contributed by atoms with Gasteiger partial charge in [-0.1, -0.05) is 13.8 Å². The Morgan fingerprint density at radius 2 is 2.12 bits per heavy atom. The van der Waals surface area contributed by atoms with E-state index in [-0.39, 0.29) is 0 Å². The summed E-state index contributed by atoms with van der Waals surface area (Å²) in [6.07, 6.45) is 7.44. The molecule has 1 aliphatic carbocycles. The summed E-state index contributed by atoms with van der Waals surface area (Å²) in [6, 6.07) is 1.35. The van der Waals surface area contributed by atoms with E-state index in [1.54, 1.807) is 7.11 Å². The number of hydrogen-bond acceptors (Lipinski definition) is 3. The second-order valence-corrected chi connectivity index (χ2v) is 6.30. The van der Waals surface area contributed by atoms with Gasteiger partial charge in [0.15, 0.2) is 0 Å². The minimum absolute atomic E-state index is 0.616. The number of hydrogen-bond donors (Lipinski definition) is 1. The van der Waals surface area contributed by atoms with Crippen LogP contribution in [0.4, 0.5) is 0 Å². The average Bonchev–Trinajstić information content (AvgIpc) is 2.71. The molecule has 96 valence electrons. The zero-order valence-electron chi connectivity index (χ0n) is 11.2. The van der Waals surface area contributed by atoms with E-state index < -0.39 is 0 Å². The maximum atomic E-state index is 5.19. The van der Waals surface area contributed by atoms with E-state index in [0.29, 0.717) is 12.0 Å². The quantitative estimate of drug-likeness (QED) is 0.745. The van der Waals surface area contributed by atoms with Crippen LogP contribution in [0.5, 0.6) is 0 Å². The fraction of sp³-hybridized carbons (Fsp3) is 1.00. The van der Waals surface area contributed by atoms with Crippen molar-refractivity contribution in [2.45, 2.75) is 56.9 Å². The standard InChI is InChI=1S/C13H27NOS/c1-10(2)13(7-8-15-3)14-11-5-6-12(9-11)16-4/h10-14H,5-9H2,1-4H3. The molecule has 2 nitrogen and oxygen atoms in total. The molecule has 0 amide bonds. The number of methoxy groups -OCH3 is 1. The summed E-state index contributed by atoms with van der Waals surface area (Å²) in [5, 5.41) is 4.70. The predicted octanol–water partition coefficient (Wildman–Crippen LogP) is 2.92. The first-order valence-corrected chi connectivity index (χ1v) is 7.74. The minimum Gasteiger partial charge on any atom is -0.385 e. The Morgan fingerprint density at radius 3 is 2.62 bits per heavy atom. The molecule has 3 unspecified atom stereocenters. The van der Waals surface area contributed by atoms with Crippen LogP contribution < -0.4 is 5.32 Å². The molecule has 0 aromatic rings. The fourth-order valence-electron chi connectivity index (χ4n) is 2.46. The van der Waals surface area contributed by atoms with Crippen molar-refractivity contribution in [2.24, 2.45) is 5.92 Å². The lowest BCUT2D eigenvalue weighted by molar-refractivity contribution is 0.170. The lowest BCUT2D eigenvalue weighted by Gasteiger charge is -2.26. The van der Waals surface area contributed by atoms with Gasteiger partial charge in [-0.3, -0.25) is 0 Å². The average molecular weight is 245 g/mol. The third-order valence-electron chi connectivity index (χ3n) is 3.61. The minimum atomic E-state index is 0.616. The van der Waals surface area contributed by atoms with Gasteiger partial charge in [-0.15, -0.1) is 0 Å². The van der Waals surface area contributed by atoms with Gasteiger partial charge < -0.3 is 10.1 Å². The fourth-order valence-corrected chi connectivity index (χ4v) is 3.26. The molecule has 0 aromatic heterocycles. The molecular weight excluding hydrogens is 218 g/mol. The van der Waals surface area contributed by atoms with Crippen molar-refractivity contribution in [2.75, 3.05) is 20.0 Å². The van der Waals surface area contributed by atoms with Crippen LogP contribution in [0.3, 0.4) is 0 Å². The molecule has 0 saturated heterocycles. The van der Waals surface area contributed by atoms with Crippen LogP contribution in [0.25, 0.3) is 0 Å². The van der Waals surface area contributed by atoms with Gasteiger partial charge in [-0.25, -0.2) is 0 Å². The molecule has 0 heterocycles. The SMILES string of the molecule is COCCC(NC1CCC(SC)C1)C(C)C. The van der Waals surface area contributed by atoms with Crippen LogP contribution in [0.1, 0.15) is 39.5 Å². The highest BCUT2D eigenvalue weighted by Crippen LogP contribution is 2.29. The third-order valence-corrected chi connectivity index (χ3v) is 4.70. The molecule has 3 heteroatoms. The third kappa shape index (κ3) is 4.64. The number of thioether (sulfide) groups is 1. The van der Waals surface area contributed by atoms with E-state index >= 15 is 0 Å². The van der Waals surface area contributed by atoms with Crippen molar-refractivity contribution >= 4 is 11.8 Å². The zero-order valence-corrected chi connectivity index (χ0v) is 12.0. The molecule has 16 heavy (non-hydrogen) atoms. The summed E-state index contributed by atoms with van der Waals surface area (Å²) in [5.41, 5.74) is 0. The van der Waals surface area contributed by atoms with Crippen LogP contribution in [-0.4, -0.2) is 37.3 Å². The van der Waals surface area contributed by atoms with Crippen LogP contribution in [0, 0.1) is 5.92 Å². The Morgan fingerprint density at radius 1 is 1.38 bits per heavy atom. The first-order chi connectivity index (χ1) is 7.67. The maximum Gasteiger partial charge on any atom is 0.0477 e. The summed E-state index contributed by atoms with van der Waals surface area (Å²) in [6.45, 7) is 5.47. The van der Waals surface area contributed by atoms with Gasteiger partial charge in [0.05, 0.1) is 0 Å². The highest BCUT2D eigenvalue weighted by molar-refractivity contribution is 7.99. The molecule has 1 N–H and O–H groups in total.